The van der Waals surface area contributed by atoms with Crippen LogP contribution in [0.1, 0.15) is 5.56 Å². The average molecular weight is 154 g/mol. The number of nitrogens with zero attached hydrogens (tertiary/aromatic N) is 1. The van der Waals surface area contributed by atoms with Crippen molar-refractivity contribution in [3.63, 3.8) is 0 Å². The van der Waals surface area contributed by atoms with E-state index in [4.69, 9.17) is 5.26 Å². The van der Waals surface area contributed by atoms with Crippen molar-refractivity contribution in [2.24, 2.45) is 0 Å². The number of hydrogen-bond donors (Lipinski definition) is 0. The van der Waals surface area contributed by atoms with E-state index in [1.54, 1.807) is 0 Å². The van der Waals surface area contributed by atoms with E-state index >= 15 is 0 Å². The highest BCUT2D eigenvalue weighted by molar-refractivity contribution is 5.42. The van der Waals surface area contributed by atoms with Crippen LogP contribution in [0.25, 0.3) is 0 Å². The second kappa shape index (κ2) is 2.54. The Kier molecular flexibility index (Phi) is 1.73. The zero-order valence-corrected chi connectivity index (χ0v) is 5.27. The van der Waals surface area contributed by atoms with Crippen LogP contribution in [-0.2, 0) is 5.11 Å². The molecule has 0 bridgehead atoms. The molecule has 0 unspecified atom stereocenters. The minimum absolute atomic E-state index is 0.693. The average Bonchev–Trinajstić information content (AvgIpc) is 1.99. The third kappa shape index (κ3) is 1.13. The first kappa shape index (κ1) is 7.48. The molecule has 0 aliphatic carbocycles. The second-order valence-corrected chi connectivity index (χ2v) is 1.85. The van der Waals surface area contributed by atoms with Crippen LogP contribution in [0.15, 0.2) is 12.1 Å². The van der Waals surface area contributed by atoms with Crippen LogP contribution in [0.2, 0.25) is 0 Å². The number of hydrogen-bond acceptors (Lipinski definition) is 1. The summed E-state index contributed by atoms with van der Waals surface area (Å²) in [5.41, 5.74) is -0.773. The fourth-order valence-electron chi connectivity index (χ4n) is 0.637. The quantitative estimate of drug-likeness (QED) is 0.563. The molecule has 0 N–H and O–H groups in total. The minimum Gasteiger partial charge on any atom is -0.288 e. The van der Waals surface area contributed by atoms with E-state index in [1.165, 1.54) is 6.07 Å². The van der Waals surface area contributed by atoms with Crippen molar-refractivity contribution in [1.82, 2.24) is 0 Å². The molecule has 1 rings (SSSR count). The van der Waals surface area contributed by atoms with Gasteiger partial charge >= 0.3 is 0 Å². The van der Waals surface area contributed by atoms with E-state index < -0.39 is 22.9 Å². The molecule has 0 aliphatic rings. The monoisotopic (exact) mass is 154 g/mol. The Morgan fingerprint density at radius 1 is 1.36 bits per heavy atom. The highest BCUT2D eigenvalue weighted by Crippen LogP contribution is 2.21. The number of halogens is 2. The van der Waals surface area contributed by atoms with E-state index in [0.717, 1.165) is 6.07 Å². The Bertz CT molecular complexity index is 330. The third-order valence-corrected chi connectivity index (χ3v) is 1.17. The van der Waals surface area contributed by atoms with Crippen LogP contribution >= 0.6 is 0 Å². The molecular formula is C7H2F2NO. The van der Waals surface area contributed by atoms with Crippen molar-refractivity contribution in [2.75, 3.05) is 0 Å². The van der Waals surface area contributed by atoms with Gasteiger partial charge in [-0.05, 0) is 12.1 Å². The summed E-state index contributed by atoms with van der Waals surface area (Å²) in [5.74, 6) is -3.35. The molecule has 0 heterocycles. The lowest BCUT2D eigenvalue weighted by Crippen LogP contribution is -1.88. The summed E-state index contributed by atoms with van der Waals surface area (Å²) in [5, 5.41) is 18.8. The number of rotatable bonds is 0. The van der Waals surface area contributed by atoms with Gasteiger partial charge < -0.3 is 0 Å². The molecule has 2 nitrogen and oxygen atoms in total. The van der Waals surface area contributed by atoms with Crippen molar-refractivity contribution in [2.45, 2.75) is 0 Å². The van der Waals surface area contributed by atoms with E-state index in [-0.39, 0.29) is 0 Å². The maximum absolute atomic E-state index is 12.5. The Balaban J connectivity index is 3.44. The maximum Gasteiger partial charge on any atom is 0.199 e. The smallest absolute Gasteiger partial charge is 0.199 e. The van der Waals surface area contributed by atoms with Gasteiger partial charge in [-0.1, -0.05) is 0 Å². The number of nitriles is 1. The summed E-state index contributed by atoms with van der Waals surface area (Å²) < 4.78 is 24.7. The van der Waals surface area contributed by atoms with Gasteiger partial charge in [0.15, 0.2) is 17.4 Å². The summed E-state index contributed by atoms with van der Waals surface area (Å²) in [4.78, 5) is 0. The van der Waals surface area contributed by atoms with Crippen molar-refractivity contribution in [3.05, 3.63) is 29.3 Å². The molecule has 0 amide bonds. The Morgan fingerprint density at radius 3 is 2.45 bits per heavy atom. The van der Waals surface area contributed by atoms with Crippen LogP contribution in [-0.4, -0.2) is 0 Å². The van der Waals surface area contributed by atoms with Gasteiger partial charge in [-0.15, -0.1) is 0 Å². The normalized spacial score (nSPS) is 9.18. The van der Waals surface area contributed by atoms with Gasteiger partial charge in [0, 0.05) is 0 Å². The summed E-state index contributed by atoms with van der Waals surface area (Å²) in [6.07, 6.45) is 0. The maximum atomic E-state index is 12.5. The second-order valence-electron chi connectivity index (χ2n) is 1.85. The first-order valence-corrected chi connectivity index (χ1v) is 2.72. The van der Waals surface area contributed by atoms with Gasteiger partial charge in [0.2, 0.25) is 0 Å². The fourth-order valence-corrected chi connectivity index (χ4v) is 0.637. The molecule has 0 fully saturated rings. The van der Waals surface area contributed by atoms with E-state index in [9.17, 15) is 13.9 Å². The molecule has 0 saturated carbocycles. The molecule has 0 aromatic heterocycles. The highest BCUT2D eigenvalue weighted by atomic mass is 19.2. The number of benzene rings is 1. The van der Waals surface area contributed by atoms with Crippen molar-refractivity contribution in [3.8, 4) is 11.8 Å². The largest absolute Gasteiger partial charge is 0.288 e. The molecule has 0 aliphatic heterocycles. The molecule has 0 spiro atoms. The topological polar surface area (TPSA) is 43.7 Å². The van der Waals surface area contributed by atoms with Crippen molar-refractivity contribution in [1.29, 1.82) is 5.26 Å². The lowest BCUT2D eigenvalue weighted by Gasteiger charge is -1.94. The first-order chi connectivity index (χ1) is 5.16. The van der Waals surface area contributed by atoms with Gasteiger partial charge in [0.05, 0.1) is 0 Å². The Hall–Kier alpha value is -1.63. The van der Waals surface area contributed by atoms with Gasteiger partial charge in [-0.25, -0.2) is 8.78 Å². The third-order valence-electron chi connectivity index (χ3n) is 1.17. The zero-order valence-electron chi connectivity index (χ0n) is 5.27. The van der Waals surface area contributed by atoms with Crippen LogP contribution in [0.5, 0.6) is 5.75 Å². The van der Waals surface area contributed by atoms with Crippen LogP contribution in [0.4, 0.5) is 8.78 Å². The van der Waals surface area contributed by atoms with Crippen molar-refractivity contribution < 1.29 is 13.9 Å². The Morgan fingerprint density at radius 2 is 2.00 bits per heavy atom. The molecule has 1 aromatic carbocycles. The van der Waals surface area contributed by atoms with Crippen LogP contribution in [0.3, 0.4) is 0 Å². The van der Waals surface area contributed by atoms with Crippen LogP contribution < -0.4 is 0 Å². The molecule has 0 atom stereocenters. The predicted octanol–water partition coefficient (Wildman–Crippen LogP) is 1.98. The van der Waals surface area contributed by atoms with Gasteiger partial charge in [0.25, 0.3) is 0 Å². The molecule has 11 heavy (non-hydrogen) atoms. The minimum atomic E-state index is -1.38. The SMILES string of the molecule is N#Cc1c([O])ccc(F)c1F. The molecular weight excluding hydrogens is 152 g/mol. The lowest BCUT2D eigenvalue weighted by atomic mass is 10.2. The standard InChI is InChI=1S/C7H2F2NO/c8-5-1-2-6(11)4(3-10)7(5)9/h1-2H. The lowest BCUT2D eigenvalue weighted by molar-refractivity contribution is 0.347. The van der Waals surface area contributed by atoms with Crippen LogP contribution in [0, 0.1) is 23.0 Å². The molecule has 0 saturated heterocycles. The first-order valence-electron chi connectivity index (χ1n) is 2.72. The van der Waals surface area contributed by atoms with Crippen molar-refractivity contribution >= 4 is 0 Å². The van der Waals surface area contributed by atoms with Gasteiger partial charge in [0.1, 0.15) is 11.6 Å². The summed E-state index contributed by atoms with van der Waals surface area (Å²) in [6, 6.07) is 2.79. The van der Waals surface area contributed by atoms with Gasteiger partial charge in [-0.3, -0.25) is 5.11 Å². The van der Waals surface area contributed by atoms with Gasteiger partial charge in [-0.2, -0.15) is 5.26 Å². The molecule has 1 radical (unpaired) electrons. The molecule has 1 aromatic rings. The Labute approximate surface area is 61.3 Å². The molecule has 4 heteroatoms. The summed E-state index contributed by atoms with van der Waals surface area (Å²) in [6.45, 7) is 0. The molecule has 55 valence electrons. The predicted molar refractivity (Wildman–Crippen MR) is 31.2 cm³/mol. The van der Waals surface area contributed by atoms with E-state index in [1.807, 2.05) is 0 Å². The fraction of sp³-hybridized carbons (Fsp3) is 0. The summed E-state index contributed by atoms with van der Waals surface area (Å²) >= 11 is 0. The van der Waals surface area contributed by atoms with E-state index in [2.05, 4.69) is 0 Å². The zero-order chi connectivity index (χ0) is 8.43. The van der Waals surface area contributed by atoms with E-state index in [0.29, 0.717) is 6.07 Å². The highest BCUT2D eigenvalue weighted by Gasteiger charge is 2.12. The summed E-state index contributed by atoms with van der Waals surface area (Å²) in [7, 11) is 0.